The quantitative estimate of drug-likeness (QED) is 0.503. The van der Waals surface area contributed by atoms with Gasteiger partial charge in [0, 0.05) is 29.3 Å². The van der Waals surface area contributed by atoms with Gasteiger partial charge in [0.1, 0.15) is 0 Å². The van der Waals surface area contributed by atoms with Crippen LogP contribution in [-0.2, 0) is 17.8 Å². The normalized spacial score (nSPS) is 10.6. The van der Waals surface area contributed by atoms with E-state index >= 15 is 0 Å². The van der Waals surface area contributed by atoms with Crippen molar-refractivity contribution in [1.29, 1.82) is 0 Å². The SMILES string of the molecule is Cc1ccc(CN(CCc2ccccc2)C(=O)CCNC(=O)c2ccccc2Cl)s1. The standard InChI is InChI=1S/C24H25ClN2O2S/c1-18-11-12-20(30-18)17-27(16-14-19-7-3-2-4-8-19)23(28)13-15-26-24(29)21-9-5-6-10-22(21)25/h2-12H,13-17H2,1H3,(H,26,29). The second kappa shape index (κ2) is 11.0. The van der Waals surface area contributed by atoms with Gasteiger partial charge < -0.3 is 10.2 Å². The number of thiophene rings is 1. The van der Waals surface area contributed by atoms with Crippen LogP contribution >= 0.6 is 22.9 Å². The molecule has 0 saturated heterocycles. The predicted molar refractivity (Wildman–Crippen MR) is 123 cm³/mol. The maximum Gasteiger partial charge on any atom is 0.252 e. The Morgan fingerprint density at radius 1 is 1.00 bits per heavy atom. The molecule has 0 saturated carbocycles. The maximum absolute atomic E-state index is 12.9. The van der Waals surface area contributed by atoms with Crippen molar-refractivity contribution in [1.82, 2.24) is 10.2 Å². The largest absolute Gasteiger partial charge is 0.351 e. The third-order valence-electron chi connectivity index (χ3n) is 4.75. The highest BCUT2D eigenvalue weighted by Crippen LogP contribution is 2.18. The Labute approximate surface area is 186 Å². The van der Waals surface area contributed by atoms with E-state index in [9.17, 15) is 9.59 Å². The minimum atomic E-state index is -0.266. The lowest BCUT2D eigenvalue weighted by atomic mass is 10.1. The lowest BCUT2D eigenvalue weighted by molar-refractivity contribution is -0.131. The summed E-state index contributed by atoms with van der Waals surface area (Å²) in [5, 5.41) is 3.20. The molecule has 1 aromatic heterocycles. The first kappa shape index (κ1) is 22.1. The topological polar surface area (TPSA) is 49.4 Å². The zero-order valence-corrected chi connectivity index (χ0v) is 18.5. The van der Waals surface area contributed by atoms with Gasteiger partial charge in [0.25, 0.3) is 5.91 Å². The smallest absolute Gasteiger partial charge is 0.252 e. The van der Waals surface area contributed by atoms with Gasteiger partial charge in [-0.3, -0.25) is 9.59 Å². The lowest BCUT2D eigenvalue weighted by Gasteiger charge is -2.22. The molecule has 30 heavy (non-hydrogen) atoms. The van der Waals surface area contributed by atoms with Crippen molar-refractivity contribution in [3.05, 3.63) is 92.6 Å². The summed E-state index contributed by atoms with van der Waals surface area (Å²) in [6, 6.07) is 21.2. The van der Waals surface area contributed by atoms with Crippen LogP contribution in [0.4, 0.5) is 0 Å². The second-order valence-electron chi connectivity index (χ2n) is 7.05. The highest BCUT2D eigenvalue weighted by Gasteiger charge is 2.16. The molecule has 3 rings (SSSR count). The molecule has 1 N–H and O–H groups in total. The van der Waals surface area contributed by atoms with Crippen molar-refractivity contribution < 1.29 is 9.59 Å². The molecule has 0 radical (unpaired) electrons. The first-order chi connectivity index (χ1) is 14.5. The minimum absolute atomic E-state index is 0.0245. The molecule has 0 fully saturated rings. The van der Waals surface area contributed by atoms with Crippen molar-refractivity contribution in [2.75, 3.05) is 13.1 Å². The Bertz CT molecular complexity index is 988. The van der Waals surface area contributed by atoms with Crippen molar-refractivity contribution in [3.8, 4) is 0 Å². The Balaban J connectivity index is 1.58. The van der Waals surface area contributed by atoms with E-state index < -0.39 is 0 Å². The van der Waals surface area contributed by atoms with Crippen LogP contribution in [-0.4, -0.2) is 29.8 Å². The van der Waals surface area contributed by atoms with Gasteiger partial charge >= 0.3 is 0 Å². The molecule has 2 amide bonds. The van der Waals surface area contributed by atoms with Gasteiger partial charge in [-0.2, -0.15) is 0 Å². The van der Waals surface area contributed by atoms with E-state index in [1.165, 1.54) is 10.4 Å². The number of halogens is 1. The molecule has 156 valence electrons. The molecule has 2 aromatic carbocycles. The van der Waals surface area contributed by atoms with Gasteiger partial charge in [0.2, 0.25) is 5.91 Å². The summed E-state index contributed by atoms with van der Waals surface area (Å²) in [6.45, 7) is 3.56. The van der Waals surface area contributed by atoms with E-state index in [1.54, 1.807) is 35.6 Å². The first-order valence-corrected chi connectivity index (χ1v) is 11.1. The van der Waals surface area contributed by atoms with Gasteiger partial charge in [0.15, 0.2) is 0 Å². The zero-order valence-electron chi connectivity index (χ0n) is 16.9. The van der Waals surface area contributed by atoms with E-state index in [2.05, 4.69) is 36.5 Å². The van der Waals surface area contributed by atoms with Crippen LogP contribution in [0, 0.1) is 6.92 Å². The highest BCUT2D eigenvalue weighted by atomic mass is 35.5. The Kier molecular flexibility index (Phi) is 8.05. The van der Waals surface area contributed by atoms with Crippen LogP contribution in [0.15, 0.2) is 66.7 Å². The van der Waals surface area contributed by atoms with E-state index in [-0.39, 0.29) is 24.8 Å². The summed E-state index contributed by atoms with van der Waals surface area (Å²) in [4.78, 5) is 29.5. The number of nitrogens with one attached hydrogen (secondary N) is 1. The molecule has 0 atom stereocenters. The molecule has 3 aromatic rings. The van der Waals surface area contributed by atoms with Gasteiger partial charge in [-0.15, -0.1) is 11.3 Å². The van der Waals surface area contributed by atoms with E-state index in [0.29, 0.717) is 23.7 Å². The van der Waals surface area contributed by atoms with Gasteiger partial charge in [-0.25, -0.2) is 0 Å². The van der Waals surface area contributed by atoms with E-state index in [0.717, 1.165) is 11.3 Å². The number of hydrogen-bond donors (Lipinski definition) is 1. The van der Waals surface area contributed by atoms with Crippen LogP contribution in [0.25, 0.3) is 0 Å². The molecule has 4 nitrogen and oxygen atoms in total. The summed E-state index contributed by atoms with van der Waals surface area (Å²) < 4.78 is 0. The van der Waals surface area contributed by atoms with Crippen molar-refractivity contribution in [2.24, 2.45) is 0 Å². The molecule has 0 aliphatic rings. The monoisotopic (exact) mass is 440 g/mol. The molecular formula is C24H25ClN2O2S. The number of rotatable bonds is 9. The van der Waals surface area contributed by atoms with Crippen molar-refractivity contribution in [2.45, 2.75) is 26.3 Å². The van der Waals surface area contributed by atoms with Gasteiger partial charge in [-0.1, -0.05) is 54.1 Å². The average Bonchev–Trinajstić information content (AvgIpc) is 3.16. The lowest BCUT2D eigenvalue weighted by Crippen LogP contribution is -2.35. The van der Waals surface area contributed by atoms with Crippen molar-refractivity contribution >= 4 is 34.8 Å². The van der Waals surface area contributed by atoms with Crippen LogP contribution in [0.1, 0.15) is 32.1 Å². The molecule has 0 aliphatic carbocycles. The summed E-state index contributed by atoms with van der Waals surface area (Å²) in [6.07, 6.45) is 1.04. The third-order valence-corrected chi connectivity index (χ3v) is 6.07. The van der Waals surface area contributed by atoms with Crippen LogP contribution in [0.5, 0.6) is 0 Å². The number of benzene rings is 2. The predicted octanol–water partition coefficient (Wildman–Crippen LogP) is 5.10. The van der Waals surface area contributed by atoms with Crippen molar-refractivity contribution in [3.63, 3.8) is 0 Å². The Hall–Kier alpha value is -2.63. The fourth-order valence-electron chi connectivity index (χ4n) is 3.14. The van der Waals surface area contributed by atoms with Crippen LogP contribution < -0.4 is 5.32 Å². The second-order valence-corrected chi connectivity index (χ2v) is 8.83. The molecule has 0 bridgehead atoms. The zero-order chi connectivity index (χ0) is 21.3. The summed E-state index contributed by atoms with van der Waals surface area (Å²) >= 11 is 7.77. The van der Waals surface area contributed by atoms with Crippen LogP contribution in [0.3, 0.4) is 0 Å². The van der Waals surface area contributed by atoms with Gasteiger partial charge in [0.05, 0.1) is 17.1 Å². The Morgan fingerprint density at radius 3 is 2.43 bits per heavy atom. The summed E-state index contributed by atoms with van der Waals surface area (Å²) in [7, 11) is 0. The molecular weight excluding hydrogens is 416 g/mol. The summed E-state index contributed by atoms with van der Waals surface area (Å²) in [5.41, 5.74) is 1.62. The molecule has 0 aliphatic heterocycles. The van der Waals surface area contributed by atoms with Gasteiger partial charge in [-0.05, 0) is 43.2 Å². The Morgan fingerprint density at radius 2 is 1.73 bits per heavy atom. The molecule has 1 heterocycles. The third kappa shape index (κ3) is 6.44. The minimum Gasteiger partial charge on any atom is -0.351 e. The average molecular weight is 441 g/mol. The number of amides is 2. The number of carbonyl (C=O) groups is 2. The molecule has 6 heteroatoms. The first-order valence-electron chi connectivity index (χ1n) is 9.92. The van der Waals surface area contributed by atoms with E-state index in [1.807, 2.05) is 23.1 Å². The fraction of sp³-hybridized carbons (Fsp3) is 0.250. The number of aryl methyl sites for hydroxylation is 1. The molecule has 0 unspecified atom stereocenters. The number of nitrogens with zero attached hydrogens (tertiary/aromatic N) is 1. The van der Waals surface area contributed by atoms with Crippen LogP contribution in [0.2, 0.25) is 5.02 Å². The maximum atomic E-state index is 12.9. The number of carbonyl (C=O) groups excluding carboxylic acids is 2. The van der Waals surface area contributed by atoms with E-state index in [4.69, 9.17) is 11.6 Å². The number of hydrogen-bond acceptors (Lipinski definition) is 3. The molecule has 0 spiro atoms. The summed E-state index contributed by atoms with van der Waals surface area (Å²) in [5.74, 6) is -0.241. The fourth-order valence-corrected chi connectivity index (χ4v) is 4.27. The highest BCUT2D eigenvalue weighted by molar-refractivity contribution is 7.11.